The SMILES string of the molecule is CCCCCNCC(C)(C)C1CCC(CCC)C1. The molecule has 1 aliphatic carbocycles. The molecule has 0 radical (unpaired) electrons. The van der Waals surface area contributed by atoms with E-state index in [1.807, 2.05) is 0 Å². The second kappa shape index (κ2) is 8.19. The van der Waals surface area contributed by atoms with Crippen molar-refractivity contribution >= 4 is 0 Å². The summed E-state index contributed by atoms with van der Waals surface area (Å²) in [6.07, 6.45) is 11.3. The number of rotatable bonds is 9. The van der Waals surface area contributed by atoms with Gasteiger partial charge in [-0.3, -0.25) is 0 Å². The van der Waals surface area contributed by atoms with E-state index in [1.165, 1.54) is 64.5 Å². The fourth-order valence-corrected chi connectivity index (χ4v) is 3.51. The second-order valence-corrected chi connectivity index (χ2v) is 7.04. The minimum absolute atomic E-state index is 0.495. The van der Waals surface area contributed by atoms with E-state index in [9.17, 15) is 0 Å². The topological polar surface area (TPSA) is 12.0 Å². The lowest BCUT2D eigenvalue weighted by molar-refractivity contribution is 0.202. The Balaban J connectivity index is 2.22. The van der Waals surface area contributed by atoms with Crippen LogP contribution in [0.15, 0.2) is 0 Å². The molecule has 0 spiro atoms. The summed E-state index contributed by atoms with van der Waals surface area (Å²) < 4.78 is 0. The Morgan fingerprint density at radius 1 is 1.06 bits per heavy atom. The molecule has 0 aromatic carbocycles. The van der Waals surface area contributed by atoms with E-state index in [2.05, 4.69) is 33.0 Å². The van der Waals surface area contributed by atoms with E-state index in [0.717, 1.165) is 11.8 Å². The summed E-state index contributed by atoms with van der Waals surface area (Å²) in [4.78, 5) is 0. The molecule has 0 aliphatic heterocycles. The van der Waals surface area contributed by atoms with Gasteiger partial charge >= 0.3 is 0 Å². The maximum absolute atomic E-state index is 3.68. The number of nitrogens with one attached hydrogen (secondary N) is 1. The number of hydrogen-bond donors (Lipinski definition) is 1. The highest BCUT2D eigenvalue weighted by molar-refractivity contribution is 4.87. The van der Waals surface area contributed by atoms with Crippen LogP contribution in [0.3, 0.4) is 0 Å². The van der Waals surface area contributed by atoms with Crippen LogP contribution in [-0.4, -0.2) is 13.1 Å². The average Bonchev–Trinajstić information content (AvgIpc) is 2.79. The van der Waals surface area contributed by atoms with Crippen LogP contribution in [0.2, 0.25) is 0 Å². The maximum Gasteiger partial charge on any atom is 0.000517 e. The summed E-state index contributed by atoms with van der Waals surface area (Å²) in [6, 6.07) is 0. The maximum atomic E-state index is 3.68. The first-order valence-electron chi connectivity index (χ1n) is 8.30. The molecule has 1 fully saturated rings. The highest BCUT2D eigenvalue weighted by Gasteiger charge is 2.35. The van der Waals surface area contributed by atoms with Crippen molar-refractivity contribution in [3.05, 3.63) is 0 Å². The van der Waals surface area contributed by atoms with Crippen molar-refractivity contribution in [1.29, 1.82) is 0 Å². The number of unbranched alkanes of at least 4 members (excludes halogenated alkanes) is 2. The van der Waals surface area contributed by atoms with Gasteiger partial charge in [0.25, 0.3) is 0 Å². The van der Waals surface area contributed by atoms with Crippen molar-refractivity contribution in [2.24, 2.45) is 17.3 Å². The first-order valence-corrected chi connectivity index (χ1v) is 8.30. The van der Waals surface area contributed by atoms with Crippen LogP contribution in [0.25, 0.3) is 0 Å². The zero-order chi connectivity index (χ0) is 13.4. The molecule has 0 aromatic heterocycles. The molecule has 1 rings (SSSR count). The van der Waals surface area contributed by atoms with Gasteiger partial charge in [0.1, 0.15) is 0 Å². The van der Waals surface area contributed by atoms with E-state index >= 15 is 0 Å². The molecule has 0 amide bonds. The predicted molar refractivity (Wildman–Crippen MR) is 81.9 cm³/mol. The summed E-state index contributed by atoms with van der Waals surface area (Å²) in [5.41, 5.74) is 0.495. The van der Waals surface area contributed by atoms with E-state index in [0.29, 0.717) is 5.41 Å². The van der Waals surface area contributed by atoms with Crippen molar-refractivity contribution in [2.75, 3.05) is 13.1 Å². The van der Waals surface area contributed by atoms with Crippen LogP contribution in [0.1, 0.15) is 79.1 Å². The zero-order valence-electron chi connectivity index (χ0n) is 13.2. The van der Waals surface area contributed by atoms with Crippen LogP contribution in [0.4, 0.5) is 0 Å². The molecule has 0 saturated heterocycles. The van der Waals surface area contributed by atoms with Crippen LogP contribution in [-0.2, 0) is 0 Å². The van der Waals surface area contributed by atoms with Crippen molar-refractivity contribution in [2.45, 2.75) is 79.1 Å². The lowest BCUT2D eigenvalue weighted by Crippen LogP contribution is -2.35. The Bertz CT molecular complexity index is 210. The Labute approximate surface area is 115 Å². The third-order valence-electron chi connectivity index (χ3n) is 4.88. The van der Waals surface area contributed by atoms with Crippen molar-refractivity contribution in [3.8, 4) is 0 Å². The van der Waals surface area contributed by atoms with Crippen LogP contribution in [0, 0.1) is 17.3 Å². The molecule has 2 unspecified atom stereocenters. The zero-order valence-corrected chi connectivity index (χ0v) is 13.2. The van der Waals surface area contributed by atoms with Gasteiger partial charge in [0.15, 0.2) is 0 Å². The first kappa shape index (κ1) is 16.0. The second-order valence-electron chi connectivity index (χ2n) is 7.04. The quantitative estimate of drug-likeness (QED) is 0.570. The lowest BCUT2D eigenvalue weighted by Gasteiger charge is -2.32. The fourth-order valence-electron chi connectivity index (χ4n) is 3.51. The monoisotopic (exact) mass is 253 g/mol. The summed E-state index contributed by atoms with van der Waals surface area (Å²) in [6.45, 7) is 12.0. The minimum atomic E-state index is 0.495. The predicted octanol–water partition coefficient (Wildman–Crippen LogP) is 5.01. The Kier molecular flexibility index (Phi) is 7.29. The molecule has 18 heavy (non-hydrogen) atoms. The minimum Gasteiger partial charge on any atom is -0.316 e. The number of hydrogen-bond acceptors (Lipinski definition) is 1. The van der Waals surface area contributed by atoms with E-state index < -0.39 is 0 Å². The average molecular weight is 253 g/mol. The Hall–Kier alpha value is -0.0400. The van der Waals surface area contributed by atoms with Crippen molar-refractivity contribution in [3.63, 3.8) is 0 Å². The normalized spacial score (nSPS) is 24.7. The van der Waals surface area contributed by atoms with Gasteiger partial charge in [-0.15, -0.1) is 0 Å². The van der Waals surface area contributed by atoms with Gasteiger partial charge in [0.2, 0.25) is 0 Å². The van der Waals surface area contributed by atoms with Crippen molar-refractivity contribution < 1.29 is 0 Å². The Morgan fingerprint density at radius 2 is 1.83 bits per heavy atom. The first-order chi connectivity index (χ1) is 8.60. The molecule has 108 valence electrons. The molecule has 0 bridgehead atoms. The van der Waals surface area contributed by atoms with E-state index in [-0.39, 0.29) is 0 Å². The van der Waals surface area contributed by atoms with Gasteiger partial charge in [-0.05, 0) is 43.1 Å². The molecule has 1 nitrogen and oxygen atoms in total. The third kappa shape index (κ3) is 5.30. The van der Waals surface area contributed by atoms with Gasteiger partial charge in [-0.2, -0.15) is 0 Å². The highest BCUT2D eigenvalue weighted by atomic mass is 14.9. The summed E-state index contributed by atoms with van der Waals surface area (Å²) in [5, 5.41) is 3.68. The molecule has 1 N–H and O–H groups in total. The molecule has 1 aliphatic rings. The summed E-state index contributed by atoms with van der Waals surface area (Å²) in [7, 11) is 0. The van der Waals surface area contributed by atoms with Gasteiger partial charge in [0, 0.05) is 6.54 Å². The molecular formula is C17H35N. The molecule has 0 heterocycles. The third-order valence-corrected chi connectivity index (χ3v) is 4.88. The fraction of sp³-hybridized carbons (Fsp3) is 1.00. The summed E-state index contributed by atoms with van der Waals surface area (Å²) >= 11 is 0. The van der Waals surface area contributed by atoms with Crippen LogP contribution < -0.4 is 5.32 Å². The molecule has 0 aromatic rings. The lowest BCUT2D eigenvalue weighted by atomic mass is 9.77. The molecule has 1 heteroatoms. The van der Waals surface area contributed by atoms with Gasteiger partial charge in [-0.1, -0.05) is 59.8 Å². The molecule has 2 atom stereocenters. The summed E-state index contributed by atoms with van der Waals surface area (Å²) in [5.74, 6) is 1.98. The highest BCUT2D eigenvalue weighted by Crippen LogP contribution is 2.43. The standard InChI is InChI=1S/C17H35N/c1-5-7-8-12-18-14-17(3,4)16-11-10-15(13-16)9-6-2/h15-16,18H,5-14H2,1-4H3. The largest absolute Gasteiger partial charge is 0.316 e. The van der Waals surface area contributed by atoms with E-state index in [1.54, 1.807) is 0 Å². The molecular weight excluding hydrogens is 218 g/mol. The molecule has 1 saturated carbocycles. The van der Waals surface area contributed by atoms with Gasteiger partial charge in [-0.25, -0.2) is 0 Å². The Morgan fingerprint density at radius 3 is 2.50 bits per heavy atom. The van der Waals surface area contributed by atoms with Crippen molar-refractivity contribution in [1.82, 2.24) is 5.32 Å². The van der Waals surface area contributed by atoms with Gasteiger partial charge in [0.05, 0.1) is 0 Å². The van der Waals surface area contributed by atoms with E-state index in [4.69, 9.17) is 0 Å². The van der Waals surface area contributed by atoms with Crippen LogP contribution >= 0.6 is 0 Å². The van der Waals surface area contributed by atoms with Crippen LogP contribution in [0.5, 0.6) is 0 Å². The van der Waals surface area contributed by atoms with Gasteiger partial charge < -0.3 is 5.32 Å². The smallest absolute Gasteiger partial charge is 0.000517 e.